The van der Waals surface area contributed by atoms with E-state index in [0.717, 1.165) is 22.0 Å². The molecule has 0 saturated heterocycles. The molecule has 2 rings (SSSR count). The average molecular weight is 311 g/mol. The molecule has 0 fully saturated rings. The van der Waals surface area contributed by atoms with E-state index in [-0.39, 0.29) is 6.61 Å². The molecule has 5 heteroatoms. The third-order valence-corrected chi connectivity index (χ3v) is 3.24. The zero-order valence-electron chi connectivity index (χ0n) is 10.1. The van der Waals surface area contributed by atoms with Crippen molar-refractivity contribution >= 4 is 15.9 Å². The van der Waals surface area contributed by atoms with E-state index in [0.29, 0.717) is 12.4 Å². The summed E-state index contributed by atoms with van der Waals surface area (Å²) in [5.41, 5.74) is 1.92. The van der Waals surface area contributed by atoms with Crippen molar-refractivity contribution < 1.29 is 9.84 Å². The Kier molecular flexibility index (Phi) is 4.38. The maximum Gasteiger partial charge on any atom is 0.138 e. The van der Waals surface area contributed by atoms with Gasteiger partial charge in [-0.3, -0.25) is 4.68 Å². The summed E-state index contributed by atoms with van der Waals surface area (Å²) in [6, 6.07) is 5.63. The molecule has 1 heterocycles. The molecule has 0 amide bonds. The quantitative estimate of drug-likeness (QED) is 0.922. The number of hydrogen-bond donors (Lipinski definition) is 1. The standard InChI is InChI=1S/C13H15BrN2O2/c1-16-8-10(7-15-16)5-6-18-13-11(9-17)3-2-4-12(13)14/h2-4,7-8,17H,5-6,9H2,1H3. The van der Waals surface area contributed by atoms with Crippen LogP contribution < -0.4 is 4.74 Å². The minimum absolute atomic E-state index is 0.0261. The highest BCUT2D eigenvalue weighted by Gasteiger charge is 2.07. The molecule has 0 radical (unpaired) electrons. The molecule has 1 N–H and O–H groups in total. The van der Waals surface area contributed by atoms with Gasteiger partial charge in [-0.05, 0) is 27.6 Å². The molecule has 96 valence electrons. The van der Waals surface area contributed by atoms with Gasteiger partial charge in [0.1, 0.15) is 5.75 Å². The SMILES string of the molecule is Cn1cc(CCOc2c(Br)cccc2CO)cn1. The summed E-state index contributed by atoms with van der Waals surface area (Å²) in [6.45, 7) is 0.531. The van der Waals surface area contributed by atoms with E-state index in [1.54, 1.807) is 4.68 Å². The number of nitrogens with zero attached hydrogens (tertiary/aromatic N) is 2. The van der Waals surface area contributed by atoms with Gasteiger partial charge in [0.15, 0.2) is 0 Å². The summed E-state index contributed by atoms with van der Waals surface area (Å²) in [7, 11) is 1.89. The molecule has 0 bridgehead atoms. The van der Waals surface area contributed by atoms with Gasteiger partial charge < -0.3 is 9.84 Å². The zero-order chi connectivity index (χ0) is 13.0. The van der Waals surface area contributed by atoms with Crippen molar-refractivity contribution in [3.8, 4) is 5.75 Å². The normalized spacial score (nSPS) is 10.6. The number of aliphatic hydroxyl groups is 1. The third kappa shape index (κ3) is 3.11. The second-order valence-corrected chi connectivity index (χ2v) is 4.86. The summed E-state index contributed by atoms with van der Waals surface area (Å²) < 4.78 is 8.36. The molecule has 0 atom stereocenters. The van der Waals surface area contributed by atoms with Crippen molar-refractivity contribution in [1.29, 1.82) is 0 Å². The first-order valence-electron chi connectivity index (χ1n) is 5.69. The second-order valence-electron chi connectivity index (χ2n) is 4.01. The van der Waals surface area contributed by atoms with Crippen molar-refractivity contribution in [2.45, 2.75) is 13.0 Å². The topological polar surface area (TPSA) is 47.3 Å². The highest BCUT2D eigenvalue weighted by molar-refractivity contribution is 9.10. The van der Waals surface area contributed by atoms with Crippen molar-refractivity contribution in [2.75, 3.05) is 6.61 Å². The third-order valence-electron chi connectivity index (χ3n) is 2.61. The first-order chi connectivity index (χ1) is 8.70. The van der Waals surface area contributed by atoms with Crippen LogP contribution in [0.1, 0.15) is 11.1 Å². The number of aryl methyl sites for hydroxylation is 1. The van der Waals surface area contributed by atoms with Gasteiger partial charge in [-0.15, -0.1) is 0 Å². The molecular weight excluding hydrogens is 296 g/mol. The predicted octanol–water partition coefficient (Wildman–Crippen LogP) is 2.30. The molecule has 2 aromatic rings. The lowest BCUT2D eigenvalue weighted by Gasteiger charge is -2.11. The Balaban J connectivity index is 1.98. The van der Waals surface area contributed by atoms with Crippen LogP contribution in [-0.2, 0) is 20.1 Å². The average Bonchev–Trinajstić information content (AvgIpc) is 2.77. The highest BCUT2D eigenvalue weighted by atomic mass is 79.9. The van der Waals surface area contributed by atoms with Crippen molar-refractivity contribution in [3.05, 3.63) is 46.2 Å². The minimum Gasteiger partial charge on any atom is -0.492 e. The van der Waals surface area contributed by atoms with Crippen LogP contribution in [0.4, 0.5) is 0 Å². The van der Waals surface area contributed by atoms with E-state index in [4.69, 9.17) is 4.74 Å². The van der Waals surface area contributed by atoms with Crippen LogP contribution in [0.25, 0.3) is 0 Å². The van der Waals surface area contributed by atoms with Crippen molar-refractivity contribution in [3.63, 3.8) is 0 Å². The molecule has 18 heavy (non-hydrogen) atoms. The monoisotopic (exact) mass is 310 g/mol. The molecule has 1 aromatic heterocycles. The fraction of sp³-hybridized carbons (Fsp3) is 0.308. The maximum atomic E-state index is 9.25. The van der Waals surface area contributed by atoms with Gasteiger partial charge in [0, 0.05) is 25.2 Å². The number of ether oxygens (including phenoxy) is 1. The van der Waals surface area contributed by atoms with E-state index in [1.165, 1.54) is 0 Å². The molecule has 0 aliphatic carbocycles. The maximum absolute atomic E-state index is 9.25. The molecular formula is C13H15BrN2O2. The summed E-state index contributed by atoms with van der Waals surface area (Å²) in [5.74, 6) is 0.712. The Bertz CT molecular complexity index is 525. The minimum atomic E-state index is -0.0261. The molecule has 0 spiro atoms. The summed E-state index contributed by atoms with van der Waals surface area (Å²) >= 11 is 3.43. The van der Waals surface area contributed by atoms with Crippen LogP contribution in [0.5, 0.6) is 5.75 Å². The first-order valence-corrected chi connectivity index (χ1v) is 6.48. The molecule has 0 saturated carbocycles. The van der Waals surface area contributed by atoms with Crippen LogP contribution in [-0.4, -0.2) is 21.5 Å². The molecule has 0 aliphatic rings. The fourth-order valence-electron chi connectivity index (χ4n) is 1.71. The highest BCUT2D eigenvalue weighted by Crippen LogP contribution is 2.29. The van der Waals surface area contributed by atoms with Crippen LogP contribution in [0, 0.1) is 0 Å². The van der Waals surface area contributed by atoms with Crippen LogP contribution >= 0.6 is 15.9 Å². The van der Waals surface area contributed by atoms with Gasteiger partial charge in [-0.1, -0.05) is 12.1 Å². The fourth-order valence-corrected chi connectivity index (χ4v) is 2.23. The molecule has 1 aromatic carbocycles. The Morgan fingerprint density at radius 2 is 2.28 bits per heavy atom. The smallest absolute Gasteiger partial charge is 0.138 e. The lowest BCUT2D eigenvalue weighted by molar-refractivity contribution is 0.263. The summed E-state index contributed by atoms with van der Waals surface area (Å²) in [4.78, 5) is 0. The van der Waals surface area contributed by atoms with E-state index < -0.39 is 0 Å². The number of aliphatic hydroxyl groups excluding tert-OH is 1. The second kappa shape index (κ2) is 6.02. The van der Waals surface area contributed by atoms with Crippen LogP contribution in [0.2, 0.25) is 0 Å². The van der Waals surface area contributed by atoms with Gasteiger partial charge in [-0.2, -0.15) is 5.10 Å². The lowest BCUT2D eigenvalue weighted by Crippen LogP contribution is -2.03. The Hall–Kier alpha value is -1.33. The largest absolute Gasteiger partial charge is 0.492 e. The number of rotatable bonds is 5. The van der Waals surface area contributed by atoms with E-state index in [2.05, 4.69) is 21.0 Å². The number of benzene rings is 1. The molecule has 0 aliphatic heterocycles. The van der Waals surface area contributed by atoms with Crippen LogP contribution in [0.15, 0.2) is 35.1 Å². The molecule has 4 nitrogen and oxygen atoms in total. The van der Waals surface area contributed by atoms with E-state index in [9.17, 15) is 5.11 Å². The Morgan fingerprint density at radius 1 is 1.44 bits per heavy atom. The lowest BCUT2D eigenvalue weighted by atomic mass is 10.2. The van der Waals surface area contributed by atoms with Crippen molar-refractivity contribution in [2.24, 2.45) is 7.05 Å². The summed E-state index contributed by atoms with van der Waals surface area (Å²) in [5, 5.41) is 13.4. The predicted molar refractivity (Wildman–Crippen MR) is 72.5 cm³/mol. The Labute approximate surface area is 114 Å². The van der Waals surface area contributed by atoms with Gasteiger partial charge in [0.05, 0.1) is 23.9 Å². The van der Waals surface area contributed by atoms with Crippen LogP contribution in [0.3, 0.4) is 0 Å². The number of hydrogen-bond acceptors (Lipinski definition) is 3. The number of halogens is 1. The zero-order valence-corrected chi connectivity index (χ0v) is 11.7. The summed E-state index contributed by atoms with van der Waals surface area (Å²) in [6.07, 6.45) is 4.59. The van der Waals surface area contributed by atoms with E-state index >= 15 is 0 Å². The van der Waals surface area contributed by atoms with Gasteiger partial charge in [0.2, 0.25) is 0 Å². The Morgan fingerprint density at radius 3 is 2.94 bits per heavy atom. The van der Waals surface area contributed by atoms with Gasteiger partial charge in [-0.25, -0.2) is 0 Å². The van der Waals surface area contributed by atoms with E-state index in [1.807, 2.05) is 37.6 Å². The molecule has 0 unspecified atom stereocenters. The van der Waals surface area contributed by atoms with Crippen molar-refractivity contribution in [1.82, 2.24) is 9.78 Å². The number of para-hydroxylation sites is 1. The van der Waals surface area contributed by atoms with Gasteiger partial charge >= 0.3 is 0 Å². The number of aromatic nitrogens is 2. The van der Waals surface area contributed by atoms with Gasteiger partial charge in [0.25, 0.3) is 0 Å². The first kappa shape index (κ1) is 13.1.